The van der Waals surface area contributed by atoms with Gasteiger partial charge in [0.05, 0.1) is 0 Å². The average molecular weight is 317 g/mol. The third-order valence-electron chi connectivity index (χ3n) is 3.29. The molecule has 8 nitrogen and oxygen atoms in total. The Kier molecular flexibility index (Phi) is 4.08. The fourth-order valence-electron chi connectivity index (χ4n) is 2.01. The highest BCUT2D eigenvalue weighted by Gasteiger charge is 2.37. The van der Waals surface area contributed by atoms with E-state index in [-0.39, 0.29) is 22.8 Å². The van der Waals surface area contributed by atoms with Gasteiger partial charge in [-0.25, -0.2) is 4.79 Å². The highest BCUT2D eigenvalue weighted by molar-refractivity contribution is 6.28. The lowest BCUT2D eigenvalue weighted by Crippen LogP contribution is -2.53. The lowest BCUT2D eigenvalue weighted by atomic mass is 10.1. The summed E-state index contributed by atoms with van der Waals surface area (Å²) in [6.45, 7) is 0. The van der Waals surface area contributed by atoms with Crippen LogP contribution in [0.3, 0.4) is 0 Å². The molecule has 23 heavy (non-hydrogen) atoms. The Labute approximate surface area is 131 Å². The molecule has 1 aromatic carbocycles. The Balaban J connectivity index is 2.37. The number of carbonyl (C=O) groups is 3. The molecule has 4 N–H and O–H groups in total. The molecule has 0 radical (unpaired) electrons. The summed E-state index contributed by atoms with van der Waals surface area (Å²) >= 11 is 0. The first-order valence-corrected chi connectivity index (χ1v) is 6.53. The molecule has 0 saturated carbocycles. The number of phenolic OH excluding ortho intramolecular Hbond substituents is 2. The van der Waals surface area contributed by atoms with Crippen LogP contribution in [0.15, 0.2) is 35.5 Å². The Morgan fingerprint density at radius 3 is 2.13 bits per heavy atom. The average Bonchev–Trinajstić information content (AvgIpc) is 2.51. The third-order valence-corrected chi connectivity index (χ3v) is 3.29. The Morgan fingerprint density at radius 2 is 1.61 bits per heavy atom. The molecule has 2 rings (SSSR count). The molecule has 0 aromatic heterocycles. The molecule has 0 aliphatic carbocycles. The zero-order chi connectivity index (χ0) is 17.3. The lowest BCUT2D eigenvalue weighted by molar-refractivity contribution is -0.134. The monoisotopic (exact) mass is 317 g/mol. The molecule has 1 fully saturated rings. The standard InChI is InChI=1S/C15H15N3O5/c1-17-13(21)10(14(22)18(2)15(17)23)7-9(16)5-8-3-4-11(19)12(20)6-8/h3-7,19-20H,16H2,1-2H3/b9-5-. The molecule has 1 saturated heterocycles. The van der Waals surface area contributed by atoms with E-state index in [0.29, 0.717) is 5.56 Å². The molecule has 1 aliphatic heterocycles. The number of barbiturate groups is 1. The van der Waals surface area contributed by atoms with E-state index >= 15 is 0 Å². The number of hydrogen-bond donors (Lipinski definition) is 3. The molecule has 4 amide bonds. The van der Waals surface area contributed by atoms with Crippen LogP contribution in [0, 0.1) is 0 Å². The van der Waals surface area contributed by atoms with Crippen LogP contribution in [-0.2, 0) is 9.59 Å². The number of phenols is 2. The number of hydrogen-bond acceptors (Lipinski definition) is 6. The van der Waals surface area contributed by atoms with Crippen molar-refractivity contribution < 1.29 is 24.6 Å². The fourth-order valence-corrected chi connectivity index (χ4v) is 2.01. The number of likely N-dealkylation sites (N-methyl/N-ethyl adjacent to an activating group) is 2. The van der Waals surface area contributed by atoms with Gasteiger partial charge in [-0.15, -0.1) is 0 Å². The molecular weight excluding hydrogens is 302 g/mol. The Morgan fingerprint density at radius 1 is 1.04 bits per heavy atom. The van der Waals surface area contributed by atoms with Crippen molar-refractivity contribution in [3.05, 3.63) is 41.1 Å². The zero-order valence-electron chi connectivity index (χ0n) is 12.5. The largest absolute Gasteiger partial charge is 0.504 e. The van der Waals surface area contributed by atoms with Crippen molar-refractivity contribution in [2.24, 2.45) is 5.73 Å². The van der Waals surface area contributed by atoms with Crippen LogP contribution in [0.2, 0.25) is 0 Å². The van der Waals surface area contributed by atoms with Crippen LogP contribution in [0.1, 0.15) is 5.56 Å². The molecule has 120 valence electrons. The van der Waals surface area contributed by atoms with Crippen LogP contribution in [0.5, 0.6) is 11.5 Å². The maximum Gasteiger partial charge on any atom is 0.333 e. The number of amides is 4. The molecule has 0 atom stereocenters. The molecule has 0 unspecified atom stereocenters. The predicted molar refractivity (Wildman–Crippen MR) is 81.0 cm³/mol. The summed E-state index contributed by atoms with van der Waals surface area (Å²) in [4.78, 5) is 37.3. The number of aromatic hydroxyl groups is 2. The van der Waals surface area contributed by atoms with Gasteiger partial charge in [0.25, 0.3) is 11.8 Å². The van der Waals surface area contributed by atoms with Crippen molar-refractivity contribution >= 4 is 23.9 Å². The second-order valence-electron chi connectivity index (χ2n) is 4.96. The molecule has 0 spiro atoms. The van der Waals surface area contributed by atoms with Gasteiger partial charge >= 0.3 is 6.03 Å². The van der Waals surface area contributed by atoms with E-state index < -0.39 is 17.8 Å². The number of carbonyl (C=O) groups excluding carboxylic acids is 3. The first kappa shape index (κ1) is 16.1. The molecule has 1 heterocycles. The fraction of sp³-hybridized carbons (Fsp3) is 0.133. The van der Waals surface area contributed by atoms with Crippen molar-refractivity contribution in [3.8, 4) is 11.5 Å². The van der Waals surface area contributed by atoms with E-state index in [1.54, 1.807) is 0 Å². The smallest absolute Gasteiger partial charge is 0.333 e. The maximum absolute atomic E-state index is 12.0. The van der Waals surface area contributed by atoms with Crippen molar-refractivity contribution in [2.45, 2.75) is 0 Å². The normalized spacial score (nSPS) is 16.2. The minimum atomic E-state index is -0.747. The van der Waals surface area contributed by atoms with Gasteiger partial charge in [-0.2, -0.15) is 0 Å². The molecule has 1 aromatic rings. The summed E-state index contributed by atoms with van der Waals surface area (Å²) in [5.74, 6) is -2.10. The predicted octanol–water partition coefficient (Wildman–Crippen LogP) is 0.374. The van der Waals surface area contributed by atoms with Gasteiger partial charge in [-0.3, -0.25) is 19.4 Å². The number of urea groups is 1. The number of imide groups is 2. The van der Waals surface area contributed by atoms with Crippen molar-refractivity contribution in [3.63, 3.8) is 0 Å². The van der Waals surface area contributed by atoms with E-state index in [0.717, 1.165) is 15.9 Å². The van der Waals surface area contributed by atoms with E-state index in [4.69, 9.17) is 5.73 Å². The van der Waals surface area contributed by atoms with Gasteiger partial charge in [0.2, 0.25) is 0 Å². The minimum Gasteiger partial charge on any atom is -0.504 e. The van der Waals surface area contributed by atoms with Crippen molar-refractivity contribution in [1.29, 1.82) is 0 Å². The summed E-state index contributed by atoms with van der Waals surface area (Å²) in [5, 5.41) is 18.7. The first-order valence-electron chi connectivity index (χ1n) is 6.53. The maximum atomic E-state index is 12.0. The topological polar surface area (TPSA) is 124 Å². The van der Waals surface area contributed by atoms with Crippen LogP contribution >= 0.6 is 0 Å². The highest BCUT2D eigenvalue weighted by atomic mass is 16.3. The summed E-state index contributed by atoms with van der Waals surface area (Å²) in [7, 11) is 2.53. The Bertz CT molecular complexity index is 740. The summed E-state index contributed by atoms with van der Waals surface area (Å²) in [6, 6.07) is 3.32. The summed E-state index contributed by atoms with van der Waals surface area (Å²) < 4.78 is 0. The van der Waals surface area contributed by atoms with Gasteiger partial charge in [0.15, 0.2) is 11.5 Å². The summed E-state index contributed by atoms with van der Waals surface area (Å²) in [6.07, 6.45) is 2.57. The van der Waals surface area contributed by atoms with Gasteiger partial charge in [0, 0.05) is 19.8 Å². The van der Waals surface area contributed by atoms with E-state index in [1.807, 2.05) is 0 Å². The number of allylic oxidation sites excluding steroid dienone is 1. The number of rotatable bonds is 2. The summed E-state index contributed by atoms with van der Waals surface area (Å²) in [5.41, 5.74) is 6.08. The van der Waals surface area contributed by atoms with E-state index in [1.165, 1.54) is 38.4 Å². The van der Waals surface area contributed by atoms with Crippen LogP contribution in [0.4, 0.5) is 4.79 Å². The highest BCUT2D eigenvalue weighted by Crippen LogP contribution is 2.26. The van der Waals surface area contributed by atoms with Gasteiger partial charge < -0.3 is 15.9 Å². The number of nitrogens with zero attached hydrogens (tertiary/aromatic N) is 2. The molecule has 8 heteroatoms. The molecule has 1 aliphatic rings. The second-order valence-corrected chi connectivity index (χ2v) is 4.96. The van der Waals surface area contributed by atoms with Crippen LogP contribution in [-0.4, -0.2) is 52.0 Å². The Hall–Kier alpha value is -3.29. The van der Waals surface area contributed by atoms with E-state index in [2.05, 4.69) is 0 Å². The SMILES string of the molecule is CN1C(=O)C(=C/C(N)=C/c2ccc(O)c(O)c2)C(=O)N(C)C1=O. The van der Waals surface area contributed by atoms with Gasteiger partial charge in [-0.1, -0.05) is 6.07 Å². The molecule has 0 bridgehead atoms. The lowest BCUT2D eigenvalue weighted by Gasteiger charge is -2.28. The van der Waals surface area contributed by atoms with Crippen molar-refractivity contribution in [1.82, 2.24) is 9.80 Å². The molecular formula is C15H15N3O5. The van der Waals surface area contributed by atoms with Gasteiger partial charge in [0.1, 0.15) is 5.57 Å². The van der Waals surface area contributed by atoms with Gasteiger partial charge in [-0.05, 0) is 29.8 Å². The van der Waals surface area contributed by atoms with E-state index in [9.17, 15) is 24.6 Å². The minimum absolute atomic E-state index is 0.0722. The third kappa shape index (κ3) is 3.00. The quantitative estimate of drug-likeness (QED) is 0.411. The second kappa shape index (κ2) is 5.84. The number of nitrogens with two attached hydrogens (primary N) is 1. The number of benzene rings is 1. The van der Waals surface area contributed by atoms with Crippen LogP contribution < -0.4 is 5.73 Å². The first-order chi connectivity index (χ1) is 10.7. The van der Waals surface area contributed by atoms with Crippen LogP contribution in [0.25, 0.3) is 6.08 Å². The zero-order valence-corrected chi connectivity index (χ0v) is 12.5. The van der Waals surface area contributed by atoms with Crippen molar-refractivity contribution in [2.75, 3.05) is 14.1 Å².